The van der Waals surface area contributed by atoms with Crippen molar-refractivity contribution in [2.75, 3.05) is 6.54 Å². The third-order valence-corrected chi connectivity index (χ3v) is 3.38. The highest BCUT2D eigenvalue weighted by Crippen LogP contribution is 2.22. The van der Waals surface area contributed by atoms with Gasteiger partial charge >= 0.3 is 6.09 Å². The molecule has 1 aliphatic carbocycles. The van der Waals surface area contributed by atoms with Crippen LogP contribution in [0.25, 0.3) is 0 Å². The van der Waals surface area contributed by atoms with Crippen molar-refractivity contribution >= 4 is 6.09 Å². The number of carbonyl (C=O) groups is 1. The molecular weight excluding hydrogens is 228 g/mol. The van der Waals surface area contributed by atoms with Crippen molar-refractivity contribution in [1.29, 1.82) is 0 Å². The molecule has 0 aliphatic heterocycles. The van der Waals surface area contributed by atoms with Gasteiger partial charge in [0.2, 0.25) is 0 Å². The first-order chi connectivity index (χ1) is 8.74. The van der Waals surface area contributed by atoms with E-state index >= 15 is 0 Å². The molecule has 0 heterocycles. The van der Waals surface area contributed by atoms with Crippen molar-refractivity contribution in [1.82, 2.24) is 5.32 Å². The summed E-state index contributed by atoms with van der Waals surface area (Å²) in [5.74, 6) is 1.11. The second kappa shape index (κ2) is 6.40. The van der Waals surface area contributed by atoms with Crippen LogP contribution in [0.5, 0.6) is 5.75 Å². The summed E-state index contributed by atoms with van der Waals surface area (Å²) in [4.78, 5) is 11.6. The van der Waals surface area contributed by atoms with Crippen molar-refractivity contribution in [2.24, 2.45) is 11.7 Å². The van der Waals surface area contributed by atoms with Gasteiger partial charge in [0.15, 0.2) is 0 Å². The average molecular weight is 248 g/mol. The summed E-state index contributed by atoms with van der Waals surface area (Å²) in [6.45, 7) is 0.679. The van der Waals surface area contributed by atoms with E-state index in [-0.39, 0.29) is 6.09 Å². The first kappa shape index (κ1) is 12.9. The summed E-state index contributed by atoms with van der Waals surface area (Å²) in [5.41, 5.74) is 5.84. The van der Waals surface area contributed by atoms with Gasteiger partial charge in [-0.1, -0.05) is 18.2 Å². The maximum absolute atomic E-state index is 11.6. The minimum absolute atomic E-state index is 0.345. The summed E-state index contributed by atoms with van der Waals surface area (Å²) in [6.07, 6.45) is 3.91. The van der Waals surface area contributed by atoms with Crippen LogP contribution in [0.2, 0.25) is 0 Å². The maximum atomic E-state index is 11.6. The second-order valence-electron chi connectivity index (χ2n) is 4.86. The van der Waals surface area contributed by atoms with Gasteiger partial charge in [-0.3, -0.25) is 0 Å². The number of ether oxygens (including phenoxy) is 1. The summed E-state index contributed by atoms with van der Waals surface area (Å²) in [5, 5.41) is 2.81. The minimum Gasteiger partial charge on any atom is -0.410 e. The SMILES string of the molecule is NC1CCC(CNC(=O)Oc2ccccc2)CC1. The summed E-state index contributed by atoms with van der Waals surface area (Å²) in [6, 6.07) is 9.43. The molecule has 98 valence electrons. The fourth-order valence-electron chi connectivity index (χ4n) is 2.25. The molecule has 1 aliphatic rings. The quantitative estimate of drug-likeness (QED) is 0.862. The van der Waals surface area contributed by atoms with E-state index in [4.69, 9.17) is 10.5 Å². The highest BCUT2D eigenvalue weighted by Gasteiger charge is 2.19. The van der Waals surface area contributed by atoms with E-state index in [1.165, 1.54) is 0 Å². The predicted molar refractivity (Wildman–Crippen MR) is 70.4 cm³/mol. The van der Waals surface area contributed by atoms with Crippen molar-refractivity contribution in [3.05, 3.63) is 30.3 Å². The molecule has 1 fully saturated rings. The van der Waals surface area contributed by atoms with Crippen LogP contribution in [0, 0.1) is 5.92 Å². The lowest BCUT2D eigenvalue weighted by molar-refractivity contribution is 0.195. The zero-order valence-electron chi connectivity index (χ0n) is 10.5. The molecule has 3 N–H and O–H groups in total. The molecule has 4 nitrogen and oxygen atoms in total. The Balaban J connectivity index is 1.69. The van der Waals surface area contributed by atoms with Gasteiger partial charge in [0.05, 0.1) is 0 Å². The number of nitrogens with one attached hydrogen (secondary N) is 1. The smallest absolute Gasteiger partial charge is 0.410 e. The molecule has 0 atom stereocenters. The number of para-hydroxylation sites is 1. The van der Waals surface area contributed by atoms with Crippen LogP contribution in [0.1, 0.15) is 25.7 Å². The Morgan fingerprint density at radius 1 is 1.22 bits per heavy atom. The van der Waals surface area contributed by atoms with E-state index in [0.29, 0.717) is 24.3 Å². The Labute approximate surface area is 108 Å². The van der Waals surface area contributed by atoms with Crippen LogP contribution in [0.3, 0.4) is 0 Å². The Bertz CT molecular complexity index is 373. The first-order valence-corrected chi connectivity index (χ1v) is 6.50. The molecule has 1 saturated carbocycles. The second-order valence-corrected chi connectivity index (χ2v) is 4.86. The van der Waals surface area contributed by atoms with Crippen LogP contribution < -0.4 is 15.8 Å². The van der Waals surface area contributed by atoms with Crippen molar-refractivity contribution in [3.63, 3.8) is 0 Å². The monoisotopic (exact) mass is 248 g/mol. The van der Waals surface area contributed by atoms with Gasteiger partial charge in [0, 0.05) is 12.6 Å². The fourth-order valence-corrected chi connectivity index (χ4v) is 2.25. The molecule has 18 heavy (non-hydrogen) atoms. The van der Waals surface area contributed by atoms with E-state index in [1.807, 2.05) is 18.2 Å². The molecule has 0 spiro atoms. The number of benzene rings is 1. The molecular formula is C14H20N2O2. The zero-order chi connectivity index (χ0) is 12.8. The van der Waals surface area contributed by atoms with Gasteiger partial charge < -0.3 is 15.8 Å². The topological polar surface area (TPSA) is 64.3 Å². The molecule has 2 rings (SSSR count). The molecule has 1 aromatic carbocycles. The Morgan fingerprint density at radius 2 is 1.89 bits per heavy atom. The van der Waals surface area contributed by atoms with Crippen LogP contribution in [0.4, 0.5) is 4.79 Å². The third-order valence-electron chi connectivity index (χ3n) is 3.38. The molecule has 0 bridgehead atoms. The highest BCUT2D eigenvalue weighted by molar-refractivity contribution is 5.70. The predicted octanol–water partition coefficient (Wildman–Crippen LogP) is 2.29. The van der Waals surface area contributed by atoms with Crippen LogP contribution in [0.15, 0.2) is 30.3 Å². The standard InChI is InChI=1S/C14H20N2O2/c15-12-8-6-11(7-9-12)10-16-14(17)18-13-4-2-1-3-5-13/h1-5,11-12H,6-10,15H2,(H,16,17). The molecule has 4 heteroatoms. The normalized spacial score (nSPS) is 23.4. The minimum atomic E-state index is -0.379. The van der Waals surface area contributed by atoms with Gasteiger partial charge in [-0.15, -0.1) is 0 Å². The number of carbonyl (C=O) groups excluding carboxylic acids is 1. The van der Waals surface area contributed by atoms with E-state index in [2.05, 4.69) is 5.32 Å². The summed E-state index contributed by atoms with van der Waals surface area (Å²) < 4.78 is 5.15. The Kier molecular flexibility index (Phi) is 4.59. The van der Waals surface area contributed by atoms with E-state index in [0.717, 1.165) is 25.7 Å². The molecule has 0 aromatic heterocycles. The molecule has 0 saturated heterocycles. The highest BCUT2D eigenvalue weighted by atomic mass is 16.5. The first-order valence-electron chi connectivity index (χ1n) is 6.50. The average Bonchev–Trinajstić information content (AvgIpc) is 2.39. The van der Waals surface area contributed by atoms with Crippen LogP contribution in [-0.4, -0.2) is 18.7 Å². The number of hydrogen-bond donors (Lipinski definition) is 2. The molecule has 0 radical (unpaired) electrons. The number of amides is 1. The molecule has 1 aromatic rings. The fraction of sp³-hybridized carbons (Fsp3) is 0.500. The largest absolute Gasteiger partial charge is 0.412 e. The van der Waals surface area contributed by atoms with E-state index in [9.17, 15) is 4.79 Å². The van der Waals surface area contributed by atoms with Gasteiger partial charge in [0.1, 0.15) is 5.75 Å². The maximum Gasteiger partial charge on any atom is 0.412 e. The van der Waals surface area contributed by atoms with Crippen molar-refractivity contribution in [2.45, 2.75) is 31.7 Å². The Morgan fingerprint density at radius 3 is 2.56 bits per heavy atom. The zero-order valence-corrected chi connectivity index (χ0v) is 10.5. The lowest BCUT2D eigenvalue weighted by Gasteiger charge is -2.25. The van der Waals surface area contributed by atoms with Gasteiger partial charge in [0.25, 0.3) is 0 Å². The summed E-state index contributed by atoms with van der Waals surface area (Å²) in [7, 11) is 0. The van der Waals surface area contributed by atoms with Crippen LogP contribution in [-0.2, 0) is 0 Å². The van der Waals surface area contributed by atoms with Gasteiger partial charge in [-0.05, 0) is 43.7 Å². The van der Waals surface area contributed by atoms with Gasteiger partial charge in [-0.2, -0.15) is 0 Å². The molecule has 1 amide bonds. The number of rotatable bonds is 3. The van der Waals surface area contributed by atoms with Crippen molar-refractivity contribution in [3.8, 4) is 5.75 Å². The lowest BCUT2D eigenvalue weighted by atomic mass is 9.86. The summed E-state index contributed by atoms with van der Waals surface area (Å²) >= 11 is 0. The van der Waals surface area contributed by atoms with E-state index < -0.39 is 0 Å². The number of nitrogens with two attached hydrogens (primary N) is 1. The van der Waals surface area contributed by atoms with Gasteiger partial charge in [-0.25, -0.2) is 4.79 Å². The van der Waals surface area contributed by atoms with Crippen molar-refractivity contribution < 1.29 is 9.53 Å². The lowest BCUT2D eigenvalue weighted by Crippen LogP contribution is -2.35. The van der Waals surface area contributed by atoms with Crippen LogP contribution >= 0.6 is 0 Å². The third kappa shape index (κ3) is 4.04. The van der Waals surface area contributed by atoms with E-state index in [1.54, 1.807) is 12.1 Å². The number of hydrogen-bond acceptors (Lipinski definition) is 3. The molecule has 0 unspecified atom stereocenters. The Hall–Kier alpha value is -1.55.